The minimum atomic E-state index is -0.340. The Balaban J connectivity index is 1.43. The fourth-order valence-corrected chi connectivity index (χ4v) is 3.32. The van der Waals surface area contributed by atoms with Crippen molar-refractivity contribution in [2.75, 3.05) is 70.5 Å². The van der Waals surface area contributed by atoms with E-state index < -0.39 is 0 Å². The number of nitrogens with zero attached hydrogens (tertiary/aromatic N) is 3. The number of rotatable bonds is 5. The number of anilines is 1. The average Bonchev–Trinajstić information content (AvgIpc) is 2.57. The Hall–Kier alpha value is -1.21. The maximum Gasteiger partial charge on any atom is 0.146 e. The number of para-hydroxylation sites is 1. The Morgan fingerprint density at radius 3 is 2.22 bits per heavy atom. The lowest BCUT2D eigenvalue weighted by molar-refractivity contribution is 0.00655. The number of aliphatic hydroxyl groups is 1. The summed E-state index contributed by atoms with van der Waals surface area (Å²) in [6, 6.07) is 6.93. The number of halogens is 1. The highest BCUT2D eigenvalue weighted by atomic mass is 19.1. The molecule has 1 unspecified atom stereocenters. The molecule has 128 valence electrons. The maximum atomic E-state index is 13.8. The summed E-state index contributed by atoms with van der Waals surface area (Å²) >= 11 is 0. The summed E-state index contributed by atoms with van der Waals surface area (Å²) in [6.07, 6.45) is -0.340. The highest BCUT2D eigenvalue weighted by Crippen LogP contribution is 2.20. The fourth-order valence-electron chi connectivity index (χ4n) is 3.32. The van der Waals surface area contributed by atoms with Crippen LogP contribution in [0.25, 0.3) is 0 Å². The van der Waals surface area contributed by atoms with Gasteiger partial charge in [0.1, 0.15) is 5.82 Å². The molecule has 0 radical (unpaired) electrons. The first-order valence-electron chi connectivity index (χ1n) is 8.42. The molecule has 3 rings (SSSR count). The molecule has 1 N–H and O–H groups in total. The zero-order chi connectivity index (χ0) is 16.1. The molecule has 6 heteroatoms. The molecular weight excluding hydrogens is 297 g/mol. The molecule has 1 aromatic rings. The van der Waals surface area contributed by atoms with Crippen LogP contribution in [0.5, 0.6) is 0 Å². The van der Waals surface area contributed by atoms with Gasteiger partial charge in [-0.3, -0.25) is 9.80 Å². The standard InChI is InChI=1S/C17H26FN3O2/c18-16-3-1-2-4-17(16)21-7-5-19(6-8-21)13-15(22)14-20-9-11-23-12-10-20/h1-4,15,22H,5-14H2. The maximum absolute atomic E-state index is 13.8. The van der Waals surface area contributed by atoms with E-state index in [1.165, 1.54) is 6.07 Å². The molecule has 0 bridgehead atoms. The molecule has 1 aromatic carbocycles. The van der Waals surface area contributed by atoms with Crippen LogP contribution in [0.3, 0.4) is 0 Å². The lowest BCUT2D eigenvalue weighted by Crippen LogP contribution is -2.51. The van der Waals surface area contributed by atoms with Crippen molar-refractivity contribution in [2.24, 2.45) is 0 Å². The summed E-state index contributed by atoms with van der Waals surface area (Å²) in [6.45, 7) is 8.01. The van der Waals surface area contributed by atoms with E-state index in [1.54, 1.807) is 6.07 Å². The number of ether oxygens (including phenoxy) is 1. The summed E-state index contributed by atoms with van der Waals surface area (Å²) in [5.41, 5.74) is 0.681. The van der Waals surface area contributed by atoms with Crippen LogP contribution in [-0.2, 0) is 4.74 Å². The number of aliphatic hydroxyl groups excluding tert-OH is 1. The van der Waals surface area contributed by atoms with Crippen molar-refractivity contribution in [1.82, 2.24) is 9.80 Å². The van der Waals surface area contributed by atoms with Crippen LogP contribution in [0.15, 0.2) is 24.3 Å². The van der Waals surface area contributed by atoms with Crippen molar-refractivity contribution in [3.8, 4) is 0 Å². The van der Waals surface area contributed by atoms with E-state index in [9.17, 15) is 9.50 Å². The van der Waals surface area contributed by atoms with Crippen LogP contribution >= 0.6 is 0 Å². The Bertz CT molecular complexity index is 488. The Labute approximate surface area is 137 Å². The number of β-amino-alcohol motifs (C(OH)–C–C–N with tert-alkyl or cyclic N) is 1. The van der Waals surface area contributed by atoms with Gasteiger partial charge in [-0.1, -0.05) is 12.1 Å². The van der Waals surface area contributed by atoms with Crippen LogP contribution in [0.4, 0.5) is 10.1 Å². The minimum Gasteiger partial charge on any atom is -0.390 e. The Morgan fingerprint density at radius 2 is 1.57 bits per heavy atom. The number of piperazine rings is 1. The summed E-state index contributed by atoms with van der Waals surface area (Å²) in [5, 5.41) is 10.3. The largest absolute Gasteiger partial charge is 0.390 e. The van der Waals surface area contributed by atoms with Crippen molar-refractivity contribution < 1.29 is 14.2 Å². The molecule has 23 heavy (non-hydrogen) atoms. The van der Waals surface area contributed by atoms with Crippen molar-refractivity contribution in [1.29, 1.82) is 0 Å². The number of morpholine rings is 1. The second kappa shape index (κ2) is 8.06. The first-order chi connectivity index (χ1) is 11.2. The smallest absolute Gasteiger partial charge is 0.146 e. The molecule has 2 aliphatic rings. The molecular formula is C17H26FN3O2. The van der Waals surface area contributed by atoms with Gasteiger partial charge in [0.05, 0.1) is 25.0 Å². The van der Waals surface area contributed by atoms with Gasteiger partial charge in [-0.25, -0.2) is 4.39 Å². The molecule has 0 amide bonds. The van der Waals surface area contributed by atoms with E-state index in [0.717, 1.165) is 52.5 Å². The highest BCUT2D eigenvalue weighted by molar-refractivity contribution is 5.47. The lowest BCUT2D eigenvalue weighted by Gasteiger charge is -2.37. The monoisotopic (exact) mass is 323 g/mol. The second-order valence-electron chi connectivity index (χ2n) is 6.31. The number of benzene rings is 1. The van der Waals surface area contributed by atoms with Crippen molar-refractivity contribution in [2.45, 2.75) is 6.10 Å². The fraction of sp³-hybridized carbons (Fsp3) is 0.647. The number of hydrogen-bond acceptors (Lipinski definition) is 5. The van der Waals surface area contributed by atoms with E-state index >= 15 is 0 Å². The Kier molecular flexibility index (Phi) is 5.83. The summed E-state index contributed by atoms with van der Waals surface area (Å²) in [5.74, 6) is -0.159. The molecule has 0 aliphatic carbocycles. The van der Waals surface area contributed by atoms with Gasteiger partial charge in [0, 0.05) is 52.4 Å². The molecule has 2 heterocycles. The molecule has 2 aliphatic heterocycles. The first-order valence-corrected chi connectivity index (χ1v) is 8.42. The van der Waals surface area contributed by atoms with E-state index in [-0.39, 0.29) is 11.9 Å². The third-order valence-electron chi connectivity index (χ3n) is 4.61. The van der Waals surface area contributed by atoms with E-state index in [1.807, 2.05) is 12.1 Å². The number of hydrogen-bond donors (Lipinski definition) is 1. The van der Waals surface area contributed by atoms with Gasteiger partial charge in [0.2, 0.25) is 0 Å². The summed E-state index contributed by atoms with van der Waals surface area (Å²) < 4.78 is 19.2. The van der Waals surface area contributed by atoms with E-state index in [4.69, 9.17) is 4.74 Å². The predicted octanol–water partition coefficient (Wildman–Crippen LogP) is 0.641. The van der Waals surface area contributed by atoms with Gasteiger partial charge in [-0.2, -0.15) is 0 Å². The molecule has 0 spiro atoms. The third-order valence-corrected chi connectivity index (χ3v) is 4.61. The quantitative estimate of drug-likeness (QED) is 0.861. The normalized spacial score (nSPS) is 22.3. The average molecular weight is 323 g/mol. The van der Waals surface area contributed by atoms with Gasteiger partial charge < -0.3 is 14.7 Å². The van der Waals surface area contributed by atoms with E-state index in [2.05, 4.69) is 14.7 Å². The zero-order valence-electron chi connectivity index (χ0n) is 13.5. The topological polar surface area (TPSA) is 39.2 Å². The van der Waals surface area contributed by atoms with Crippen LogP contribution < -0.4 is 4.90 Å². The van der Waals surface area contributed by atoms with Gasteiger partial charge in [-0.15, -0.1) is 0 Å². The van der Waals surface area contributed by atoms with Crippen LogP contribution in [-0.4, -0.2) is 86.6 Å². The second-order valence-corrected chi connectivity index (χ2v) is 6.31. The summed E-state index contributed by atoms with van der Waals surface area (Å²) in [4.78, 5) is 6.60. The summed E-state index contributed by atoms with van der Waals surface area (Å²) in [7, 11) is 0. The molecule has 5 nitrogen and oxygen atoms in total. The Morgan fingerprint density at radius 1 is 0.957 bits per heavy atom. The van der Waals surface area contributed by atoms with Crippen molar-refractivity contribution in [3.05, 3.63) is 30.1 Å². The lowest BCUT2D eigenvalue weighted by atomic mass is 10.2. The van der Waals surface area contributed by atoms with Gasteiger partial charge in [0.25, 0.3) is 0 Å². The SMILES string of the molecule is OC(CN1CCOCC1)CN1CCN(c2ccccc2F)CC1. The zero-order valence-corrected chi connectivity index (χ0v) is 13.5. The van der Waals surface area contributed by atoms with Crippen molar-refractivity contribution >= 4 is 5.69 Å². The molecule has 1 atom stereocenters. The van der Waals surface area contributed by atoms with Crippen molar-refractivity contribution in [3.63, 3.8) is 0 Å². The predicted molar refractivity (Wildman–Crippen MR) is 88.3 cm³/mol. The van der Waals surface area contributed by atoms with Crippen LogP contribution in [0.1, 0.15) is 0 Å². The van der Waals surface area contributed by atoms with E-state index in [0.29, 0.717) is 18.8 Å². The molecule has 2 fully saturated rings. The first kappa shape index (κ1) is 16.6. The minimum absolute atomic E-state index is 0.159. The van der Waals surface area contributed by atoms with Crippen LogP contribution in [0, 0.1) is 5.82 Å². The molecule has 0 aromatic heterocycles. The van der Waals surface area contributed by atoms with Gasteiger partial charge >= 0.3 is 0 Å². The molecule has 2 saturated heterocycles. The molecule has 0 saturated carbocycles. The highest BCUT2D eigenvalue weighted by Gasteiger charge is 2.22. The van der Waals surface area contributed by atoms with Gasteiger partial charge in [-0.05, 0) is 12.1 Å². The van der Waals surface area contributed by atoms with Crippen LogP contribution in [0.2, 0.25) is 0 Å². The van der Waals surface area contributed by atoms with Gasteiger partial charge in [0.15, 0.2) is 0 Å². The third kappa shape index (κ3) is 4.64.